The number of ether oxygens (including phenoxy) is 1. The van der Waals surface area contributed by atoms with Gasteiger partial charge in [0, 0.05) is 36.8 Å². The zero-order chi connectivity index (χ0) is 39.9. The maximum atomic E-state index is 16.4. The van der Waals surface area contributed by atoms with Gasteiger partial charge in [-0.15, -0.1) is 0 Å². The number of pyridine rings is 1. The van der Waals surface area contributed by atoms with Gasteiger partial charge in [-0.3, -0.25) is 9.88 Å². The van der Waals surface area contributed by atoms with E-state index < -0.39 is 36.3 Å². The predicted octanol–water partition coefficient (Wildman–Crippen LogP) is 6.08. The van der Waals surface area contributed by atoms with Crippen molar-refractivity contribution < 1.29 is 64.8 Å². The summed E-state index contributed by atoms with van der Waals surface area (Å²) in [5.41, 5.74) is 0.339. The number of carboxylic acids is 2. The largest absolute Gasteiger partial charge is 0.508 e. The van der Waals surface area contributed by atoms with Gasteiger partial charge >= 0.3 is 30.3 Å². The van der Waals surface area contributed by atoms with Crippen molar-refractivity contribution in [1.82, 2.24) is 25.2 Å². The molecule has 2 aromatic heterocycles. The van der Waals surface area contributed by atoms with Crippen LogP contribution in [0.2, 0.25) is 0 Å². The Labute approximate surface area is 306 Å². The monoisotopic (exact) mass is 786 g/mol. The van der Waals surface area contributed by atoms with Crippen molar-refractivity contribution in [3.63, 3.8) is 0 Å². The highest BCUT2D eigenvalue weighted by molar-refractivity contribution is 5.99. The van der Waals surface area contributed by atoms with Gasteiger partial charge in [0.2, 0.25) is 0 Å². The van der Waals surface area contributed by atoms with Gasteiger partial charge in [-0.2, -0.15) is 36.3 Å². The van der Waals surface area contributed by atoms with Crippen LogP contribution in [0.5, 0.6) is 11.8 Å². The van der Waals surface area contributed by atoms with Gasteiger partial charge in [0.25, 0.3) is 0 Å². The molecule has 55 heavy (non-hydrogen) atoms. The third kappa shape index (κ3) is 8.43. The molecule has 4 aromatic rings. The molecule has 3 aliphatic heterocycles. The van der Waals surface area contributed by atoms with Gasteiger partial charge in [-0.05, 0) is 67.6 Å². The molecule has 3 saturated heterocycles. The Bertz CT molecular complexity index is 2080. The van der Waals surface area contributed by atoms with E-state index in [-0.39, 0.29) is 40.7 Å². The van der Waals surface area contributed by atoms with Gasteiger partial charge in [-0.25, -0.2) is 18.4 Å². The van der Waals surface area contributed by atoms with E-state index in [1.54, 1.807) is 12.3 Å². The van der Waals surface area contributed by atoms with Crippen LogP contribution in [-0.2, 0) is 9.59 Å². The number of nitrogens with zero attached hydrogens (tertiary/aromatic N) is 4. The molecule has 8 rings (SSSR count). The quantitative estimate of drug-likeness (QED) is 0.137. The Balaban J connectivity index is 0.000000315. The fourth-order valence-electron chi connectivity index (χ4n) is 7.55. The topological polar surface area (TPSA) is 170 Å². The molecule has 1 saturated carbocycles. The summed E-state index contributed by atoms with van der Waals surface area (Å²) in [5.74, 6) is -4.99. The number of carbonyl (C=O) groups is 2. The molecule has 0 amide bonds. The van der Waals surface area contributed by atoms with E-state index >= 15 is 4.39 Å². The number of aromatic nitrogens is 3. The number of benzene rings is 2. The summed E-state index contributed by atoms with van der Waals surface area (Å²) in [6.07, 6.45) is -4.91. The van der Waals surface area contributed by atoms with Gasteiger partial charge in [0.05, 0.1) is 10.9 Å². The first-order chi connectivity index (χ1) is 25.8. The molecule has 4 fully saturated rings. The molecule has 0 spiro atoms. The minimum absolute atomic E-state index is 0.0273. The zero-order valence-electron chi connectivity index (χ0n) is 28.6. The number of aromatic hydroxyl groups is 1. The molecule has 0 bridgehead atoms. The van der Waals surface area contributed by atoms with E-state index in [1.165, 1.54) is 6.07 Å². The Morgan fingerprint density at radius 2 is 1.71 bits per heavy atom. The first kappa shape index (κ1) is 39.6. The second kappa shape index (κ2) is 14.9. The highest BCUT2D eigenvalue weighted by Gasteiger charge is 2.56. The molecule has 4 atom stereocenters. The van der Waals surface area contributed by atoms with E-state index in [9.17, 15) is 35.8 Å². The fraction of sp³-hybridized carbons (Fsp3) is 0.457. The first-order valence-corrected chi connectivity index (χ1v) is 17.0. The van der Waals surface area contributed by atoms with Crippen LogP contribution < -0.4 is 15.4 Å². The summed E-state index contributed by atoms with van der Waals surface area (Å²) >= 11 is 0. The van der Waals surface area contributed by atoms with Crippen molar-refractivity contribution in [2.24, 2.45) is 5.92 Å². The number of phenols is 1. The minimum Gasteiger partial charge on any atom is -0.508 e. The molecule has 1 aliphatic carbocycles. The Kier molecular flexibility index (Phi) is 10.7. The van der Waals surface area contributed by atoms with Crippen LogP contribution in [0.3, 0.4) is 0 Å². The van der Waals surface area contributed by atoms with Crippen LogP contribution >= 0.6 is 0 Å². The number of rotatable bonds is 7. The van der Waals surface area contributed by atoms with Crippen molar-refractivity contribution >= 4 is 39.4 Å². The normalized spacial score (nSPS) is 24.3. The highest BCUT2D eigenvalue weighted by atomic mass is 19.4. The number of anilines is 1. The SMILES string of the molecule is O=C(O)C(F)(F)F.O=C(O)C(F)(F)F.Oc1cc(-c2ncc3c(NC[C@]45C[C@H]4CCN5)nc(OC[C@@]45CCCN4C[C@H](F)C5)nc3c2F)c2ccccc2c1. The Morgan fingerprint density at radius 3 is 2.35 bits per heavy atom. The number of aliphatic carboxylic acids is 2. The average molecular weight is 787 g/mol. The van der Waals surface area contributed by atoms with Crippen molar-refractivity contribution in [2.75, 3.05) is 38.1 Å². The van der Waals surface area contributed by atoms with Gasteiger partial charge in [0.1, 0.15) is 35.6 Å². The second-order valence-electron chi connectivity index (χ2n) is 13.8. The Morgan fingerprint density at radius 1 is 1.02 bits per heavy atom. The molecule has 5 heterocycles. The molecule has 5 N–H and O–H groups in total. The van der Waals surface area contributed by atoms with Crippen LogP contribution in [0.15, 0.2) is 42.6 Å². The average Bonchev–Trinajstić information content (AvgIpc) is 3.32. The van der Waals surface area contributed by atoms with Crippen molar-refractivity contribution in [1.29, 1.82) is 0 Å². The number of hydrogen-bond acceptors (Lipinski definition) is 10. The van der Waals surface area contributed by atoms with Crippen LogP contribution in [0.4, 0.5) is 40.9 Å². The fourth-order valence-corrected chi connectivity index (χ4v) is 7.55. The molecule has 0 radical (unpaired) electrons. The lowest BCUT2D eigenvalue weighted by atomic mass is 9.95. The number of alkyl halides is 7. The van der Waals surface area contributed by atoms with Gasteiger partial charge < -0.3 is 30.7 Å². The minimum atomic E-state index is -5.08. The highest BCUT2D eigenvalue weighted by Crippen LogP contribution is 2.50. The standard InChI is InChI=1S/C31H32F2N6O2.2C2HF3O2/c32-20-13-30(7-3-9-39(30)15-20)17-41-29-37-27-24(28(38-29)35-16-31-12-19(31)6-8-36-31)14-34-26(25(27)33)23-11-21(40)10-18-4-1-2-5-22(18)23;2*3-2(4,5)1(6)7/h1-2,4-5,10-11,14,19-20,36,40H,3,6-9,12-13,15-17H2,(H,35,37,38);2*(H,6,7)/t19-,20-,30+,31-;;/m1../s1. The Hall–Kier alpha value is -5.11. The summed E-state index contributed by atoms with van der Waals surface area (Å²) in [4.78, 5) is 33.7. The summed E-state index contributed by atoms with van der Waals surface area (Å²) < 4.78 is 100. The maximum Gasteiger partial charge on any atom is 0.490 e. The number of phenolic OH excluding ortho intramolecular Hbond substituents is 1. The first-order valence-electron chi connectivity index (χ1n) is 17.0. The summed E-state index contributed by atoms with van der Waals surface area (Å²) in [7, 11) is 0. The lowest BCUT2D eigenvalue weighted by molar-refractivity contribution is -0.193. The molecule has 4 aliphatic rings. The van der Waals surface area contributed by atoms with Crippen molar-refractivity contribution in [3.05, 3.63) is 48.4 Å². The van der Waals surface area contributed by atoms with Crippen molar-refractivity contribution in [2.45, 2.75) is 61.7 Å². The number of fused-ring (bicyclic) bond motifs is 4. The van der Waals surface area contributed by atoms with Crippen LogP contribution in [0, 0.1) is 11.7 Å². The molecular formula is C35H34F8N6O6. The lowest BCUT2D eigenvalue weighted by Gasteiger charge is -2.30. The van der Waals surface area contributed by atoms with E-state index in [1.807, 2.05) is 24.3 Å². The smallest absolute Gasteiger partial charge is 0.490 e. The second-order valence-corrected chi connectivity index (χ2v) is 13.8. The number of nitrogens with one attached hydrogen (secondary N) is 2. The lowest BCUT2D eigenvalue weighted by Crippen LogP contribution is -2.43. The maximum absolute atomic E-state index is 16.4. The molecular weight excluding hydrogens is 752 g/mol. The summed E-state index contributed by atoms with van der Waals surface area (Å²) in [6, 6.07) is 10.7. The zero-order valence-corrected chi connectivity index (χ0v) is 28.6. The van der Waals surface area contributed by atoms with E-state index in [0.717, 1.165) is 49.5 Å². The van der Waals surface area contributed by atoms with E-state index in [4.69, 9.17) is 24.5 Å². The molecule has 2 aromatic carbocycles. The van der Waals surface area contributed by atoms with Crippen LogP contribution in [0.25, 0.3) is 32.9 Å². The van der Waals surface area contributed by atoms with E-state index in [2.05, 4.69) is 30.5 Å². The molecule has 12 nitrogen and oxygen atoms in total. The number of halogens is 8. The van der Waals surface area contributed by atoms with E-state index in [0.29, 0.717) is 42.2 Å². The van der Waals surface area contributed by atoms with Gasteiger partial charge in [-0.1, -0.05) is 24.3 Å². The summed E-state index contributed by atoms with van der Waals surface area (Å²) in [6.45, 7) is 3.18. The predicted molar refractivity (Wildman–Crippen MR) is 180 cm³/mol. The van der Waals surface area contributed by atoms with Crippen LogP contribution in [-0.4, -0.2) is 109 Å². The van der Waals surface area contributed by atoms with Gasteiger partial charge in [0.15, 0.2) is 5.82 Å². The third-order valence-corrected chi connectivity index (χ3v) is 10.3. The molecule has 20 heteroatoms. The van der Waals surface area contributed by atoms with Crippen LogP contribution in [0.1, 0.15) is 32.1 Å². The van der Waals surface area contributed by atoms with Crippen molar-refractivity contribution in [3.8, 4) is 23.0 Å². The summed E-state index contributed by atoms with van der Waals surface area (Å²) in [5, 5.41) is 33.7. The molecule has 0 unspecified atom stereocenters. The molecule has 296 valence electrons. The number of carboxylic acid groups (broad SMARTS) is 2. The number of hydrogen-bond donors (Lipinski definition) is 5. The third-order valence-electron chi connectivity index (χ3n) is 10.3. The number of piperidine rings is 1.